The second-order valence-electron chi connectivity index (χ2n) is 5.22. The molecule has 0 bridgehead atoms. The number of nitrogens with one attached hydrogen (secondary N) is 2. The summed E-state index contributed by atoms with van der Waals surface area (Å²) in [7, 11) is 1.56. The lowest BCUT2D eigenvalue weighted by Crippen LogP contribution is -2.45. The maximum atomic E-state index is 12.4. The van der Waals surface area contributed by atoms with Crippen molar-refractivity contribution in [3.05, 3.63) is 17.7 Å². The number of amides is 1. The monoisotopic (exact) mass is 292 g/mol. The number of carbonyl (C=O) groups is 1. The van der Waals surface area contributed by atoms with Crippen LogP contribution >= 0.6 is 0 Å². The average Bonchev–Trinajstić information content (AvgIpc) is 2.54. The lowest BCUT2D eigenvalue weighted by Gasteiger charge is -2.25. The van der Waals surface area contributed by atoms with Gasteiger partial charge in [0.25, 0.3) is 5.91 Å². The minimum Gasteiger partial charge on any atom is -0.493 e. The summed E-state index contributed by atoms with van der Waals surface area (Å²) >= 11 is 0. The van der Waals surface area contributed by atoms with E-state index in [-0.39, 0.29) is 11.9 Å². The van der Waals surface area contributed by atoms with Crippen LogP contribution in [0.25, 0.3) is 0 Å². The molecule has 0 aliphatic carbocycles. The Kier molecular flexibility index (Phi) is 4.15. The third-order valence-electron chi connectivity index (χ3n) is 3.72. The topological polar surface area (TPSA) is 68.8 Å². The van der Waals surface area contributed by atoms with Crippen LogP contribution in [-0.2, 0) is 0 Å². The summed E-state index contributed by atoms with van der Waals surface area (Å²) in [4.78, 5) is 12.4. The van der Waals surface area contributed by atoms with Gasteiger partial charge in [-0.2, -0.15) is 0 Å². The smallest absolute Gasteiger partial charge is 0.251 e. The van der Waals surface area contributed by atoms with Crippen molar-refractivity contribution >= 4 is 5.91 Å². The largest absolute Gasteiger partial charge is 0.493 e. The fourth-order valence-electron chi connectivity index (χ4n) is 2.65. The zero-order chi connectivity index (χ0) is 14.7. The normalized spacial score (nSPS) is 20.7. The third kappa shape index (κ3) is 3.05. The molecular formula is C15H20N2O4. The summed E-state index contributed by atoms with van der Waals surface area (Å²) < 4.78 is 16.4. The molecule has 1 aromatic rings. The molecule has 2 heterocycles. The second kappa shape index (κ2) is 6.22. The van der Waals surface area contributed by atoms with Crippen LogP contribution in [0, 0.1) is 0 Å². The number of fused-ring (bicyclic) bond motifs is 1. The van der Waals surface area contributed by atoms with Crippen molar-refractivity contribution in [2.75, 3.05) is 33.4 Å². The second-order valence-corrected chi connectivity index (χ2v) is 5.22. The Hall–Kier alpha value is -1.95. The van der Waals surface area contributed by atoms with Gasteiger partial charge >= 0.3 is 0 Å². The molecule has 1 fully saturated rings. The molecule has 3 rings (SSSR count). The Balaban J connectivity index is 1.79. The van der Waals surface area contributed by atoms with Crippen molar-refractivity contribution in [2.24, 2.45) is 0 Å². The fourth-order valence-corrected chi connectivity index (χ4v) is 2.65. The molecule has 0 saturated carbocycles. The molecule has 0 aromatic heterocycles. The van der Waals surface area contributed by atoms with Crippen molar-refractivity contribution in [1.29, 1.82) is 0 Å². The van der Waals surface area contributed by atoms with E-state index in [4.69, 9.17) is 14.2 Å². The summed E-state index contributed by atoms with van der Waals surface area (Å²) in [5.41, 5.74) is 0.529. The zero-order valence-electron chi connectivity index (χ0n) is 12.1. The quantitative estimate of drug-likeness (QED) is 0.868. The van der Waals surface area contributed by atoms with Crippen LogP contribution in [0.3, 0.4) is 0 Å². The molecular weight excluding hydrogens is 272 g/mol. The first-order valence-electron chi connectivity index (χ1n) is 7.27. The summed E-state index contributed by atoms with van der Waals surface area (Å²) in [5, 5.41) is 6.32. The van der Waals surface area contributed by atoms with E-state index in [1.165, 1.54) is 0 Å². The fraction of sp³-hybridized carbons (Fsp3) is 0.533. The Labute approximate surface area is 123 Å². The van der Waals surface area contributed by atoms with Gasteiger partial charge in [-0.3, -0.25) is 4.79 Å². The lowest BCUT2D eigenvalue weighted by molar-refractivity contribution is 0.0928. The van der Waals surface area contributed by atoms with Crippen LogP contribution in [-0.4, -0.2) is 45.4 Å². The molecule has 6 nitrogen and oxygen atoms in total. The van der Waals surface area contributed by atoms with Gasteiger partial charge in [-0.1, -0.05) is 0 Å². The van der Waals surface area contributed by atoms with Gasteiger partial charge in [0.1, 0.15) is 13.2 Å². The molecule has 1 atom stereocenters. The minimum atomic E-state index is -0.112. The SMILES string of the molecule is COc1cc(C(=O)N[C@H]2CCCNC2)cc2c1OCCO2. The summed E-state index contributed by atoms with van der Waals surface area (Å²) in [5.74, 6) is 1.55. The van der Waals surface area contributed by atoms with E-state index in [9.17, 15) is 4.79 Å². The number of rotatable bonds is 3. The highest BCUT2D eigenvalue weighted by atomic mass is 16.6. The van der Waals surface area contributed by atoms with Gasteiger partial charge in [0.2, 0.25) is 5.75 Å². The van der Waals surface area contributed by atoms with E-state index in [2.05, 4.69) is 10.6 Å². The maximum absolute atomic E-state index is 12.4. The molecule has 21 heavy (non-hydrogen) atoms. The standard InChI is InChI=1S/C15H20N2O4/c1-19-12-7-10(8-13-14(12)21-6-5-20-13)15(18)17-11-3-2-4-16-9-11/h7-8,11,16H,2-6,9H2,1H3,(H,17,18)/t11-/m0/s1. The number of benzene rings is 1. The molecule has 1 amide bonds. The highest BCUT2D eigenvalue weighted by Gasteiger charge is 2.22. The van der Waals surface area contributed by atoms with Crippen LogP contribution in [0.4, 0.5) is 0 Å². The predicted octanol–water partition coefficient (Wildman–Crippen LogP) is 0.948. The van der Waals surface area contributed by atoms with E-state index >= 15 is 0 Å². The Morgan fingerprint density at radius 2 is 2.24 bits per heavy atom. The number of piperidine rings is 1. The third-order valence-corrected chi connectivity index (χ3v) is 3.72. The molecule has 1 saturated heterocycles. The Morgan fingerprint density at radius 3 is 3.00 bits per heavy atom. The highest BCUT2D eigenvalue weighted by molar-refractivity contribution is 5.95. The maximum Gasteiger partial charge on any atom is 0.251 e. The molecule has 0 spiro atoms. The van der Waals surface area contributed by atoms with Gasteiger partial charge in [-0.25, -0.2) is 0 Å². The number of carbonyl (C=O) groups excluding carboxylic acids is 1. The van der Waals surface area contributed by atoms with Gasteiger partial charge in [-0.15, -0.1) is 0 Å². The number of methoxy groups -OCH3 is 1. The average molecular weight is 292 g/mol. The molecule has 0 unspecified atom stereocenters. The van der Waals surface area contributed by atoms with Crippen LogP contribution in [0.1, 0.15) is 23.2 Å². The first-order chi connectivity index (χ1) is 10.3. The van der Waals surface area contributed by atoms with Crippen molar-refractivity contribution in [1.82, 2.24) is 10.6 Å². The van der Waals surface area contributed by atoms with Crippen molar-refractivity contribution in [2.45, 2.75) is 18.9 Å². The molecule has 0 radical (unpaired) electrons. The number of ether oxygens (including phenoxy) is 3. The lowest BCUT2D eigenvalue weighted by atomic mass is 10.1. The van der Waals surface area contributed by atoms with Crippen molar-refractivity contribution in [3.63, 3.8) is 0 Å². The molecule has 1 aromatic carbocycles. The Bertz CT molecular complexity index is 509. The van der Waals surface area contributed by atoms with Crippen LogP contribution < -0.4 is 24.8 Å². The predicted molar refractivity (Wildman–Crippen MR) is 77.3 cm³/mol. The van der Waals surface area contributed by atoms with E-state index in [0.29, 0.717) is 36.0 Å². The van der Waals surface area contributed by atoms with Gasteiger partial charge in [0.05, 0.1) is 7.11 Å². The van der Waals surface area contributed by atoms with Crippen LogP contribution in [0.5, 0.6) is 17.2 Å². The van der Waals surface area contributed by atoms with E-state index < -0.39 is 0 Å². The van der Waals surface area contributed by atoms with Gasteiger partial charge in [-0.05, 0) is 31.5 Å². The van der Waals surface area contributed by atoms with Crippen molar-refractivity contribution in [3.8, 4) is 17.2 Å². The number of hydrogen-bond acceptors (Lipinski definition) is 5. The molecule has 2 N–H and O–H groups in total. The van der Waals surface area contributed by atoms with Gasteiger partial charge < -0.3 is 24.8 Å². The number of hydrogen-bond donors (Lipinski definition) is 2. The van der Waals surface area contributed by atoms with E-state index in [0.717, 1.165) is 25.9 Å². The molecule has 2 aliphatic rings. The van der Waals surface area contributed by atoms with Crippen LogP contribution in [0.15, 0.2) is 12.1 Å². The van der Waals surface area contributed by atoms with Gasteiger partial charge in [0.15, 0.2) is 11.5 Å². The first-order valence-corrected chi connectivity index (χ1v) is 7.27. The van der Waals surface area contributed by atoms with Crippen molar-refractivity contribution < 1.29 is 19.0 Å². The first kappa shape index (κ1) is 14.0. The minimum absolute atomic E-state index is 0.112. The van der Waals surface area contributed by atoms with Crippen LogP contribution in [0.2, 0.25) is 0 Å². The molecule has 2 aliphatic heterocycles. The zero-order valence-corrected chi connectivity index (χ0v) is 12.1. The highest BCUT2D eigenvalue weighted by Crippen LogP contribution is 2.40. The molecule has 6 heteroatoms. The van der Waals surface area contributed by atoms with E-state index in [1.807, 2.05) is 0 Å². The van der Waals surface area contributed by atoms with Gasteiger partial charge in [0, 0.05) is 18.2 Å². The molecule has 114 valence electrons. The van der Waals surface area contributed by atoms with E-state index in [1.54, 1.807) is 19.2 Å². The summed E-state index contributed by atoms with van der Waals surface area (Å²) in [6.45, 7) is 2.80. The summed E-state index contributed by atoms with van der Waals surface area (Å²) in [6, 6.07) is 3.58. The Morgan fingerprint density at radius 1 is 1.38 bits per heavy atom. The summed E-state index contributed by atoms with van der Waals surface area (Å²) in [6.07, 6.45) is 2.08.